The number of para-hydroxylation sites is 2. The minimum absolute atomic E-state index is 0.130. The summed E-state index contributed by atoms with van der Waals surface area (Å²) in [7, 11) is -2.30. The maximum absolute atomic E-state index is 13.4. The van der Waals surface area contributed by atoms with E-state index in [9.17, 15) is 13.2 Å². The summed E-state index contributed by atoms with van der Waals surface area (Å²) in [5.41, 5.74) is 1.25. The van der Waals surface area contributed by atoms with Crippen LogP contribution in [0, 0.1) is 0 Å². The highest BCUT2D eigenvalue weighted by atomic mass is 32.2. The van der Waals surface area contributed by atoms with Crippen LogP contribution in [0.1, 0.15) is 18.4 Å². The summed E-state index contributed by atoms with van der Waals surface area (Å²) >= 11 is 0. The number of carbonyl (C=O) groups is 1. The molecule has 1 N–H and O–H groups in total. The molecule has 1 aliphatic rings. The minimum Gasteiger partial charge on any atom is -0.496 e. The molecule has 8 heteroatoms. The van der Waals surface area contributed by atoms with Gasteiger partial charge >= 0.3 is 0 Å². The Morgan fingerprint density at radius 2 is 1.97 bits per heavy atom. The third-order valence-corrected chi connectivity index (χ3v) is 7.27. The Hall–Kier alpha value is -2.97. The van der Waals surface area contributed by atoms with Crippen molar-refractivity contribution in [3.8, 4) is 5.75 Å². The number of hydrogen-bond acceptors (Lipinski definition) is 5. The number of methoxy groups -OCH3 is 1. The van der Waals surface area contributed by atoms with Gasteiger partial charge in [-0.15, -0.1) is 0 Å². The van der Waals surface area contributed by atoms with Crippen LogP contribution < -0.4 is 10.1 Å². The topological polar surface area (TPSA) is 88.6 Å². The SMILES string of the molecule is COc1ccccc1CNC(=O)[C@@H]1CCCN1S(=O)(=O)c1cccc2cccnc12. The lowest BCUT2D eigenvalue weighted by Gasteiger charge is -2.24. The molecule has 0 radical (unpaired) electrons. The number of fused-ring (bicyclic) bond motifs is 1. The van der Waals surface area contributed by atoms with Gasteiger partial charge in [-0.25, -0.2) is 8.42 Å². The van der Waals surface area contributed by atoms with Gasteiger partial charge in [0.15, 0.2) is 0 Å². The number of carbonyl (C=O) groups excluding carboxylic acids is 1. The van der Waals surface area contributed by atoms with Crippen molar-refractivity contribution in [3.63, 3.8) is 0 Å². The quantitative estimate of drug-likeness (QED) is 0.656. The Labute approximate surface area is 175 Å². The number of sulfonamides is 1. The number of aromatic nitrogens is 1. The van der Waals surface area contributed by atoms with Crippen molar-refractivity contribution in [2.75, 3.05) is 13.7 Å². The van der Waals surface area contributed by atoms with E-state index in [0.717, 1.165) is 10.9 Å². The predicted octanol–water partition coefficient (Wildman–Crippen LogP) is 2.71. The molecule has 1 atom stereocenters. The largest absolute Gasteiger partial charge is 0.496 e. The van der Waals surface area contributed by atoms with Crippen LogP contribution in [-0.4, -0.2) is 43.3 Å². The summed E-state index contributed by atoms with van der Waals surface area (Å²) in [4.78, 5) is 17.3. The van der Waals surface area contributed by atoms with Gasteiger partial charge in [0.1, 0.15) is 16.7 Å². The van der Waals surface area contributed by atoms with Gasteiger partial charge in [-0.1, -0.05) is 36.4 Å². The number of nitrogens with zero attached hydrogens (tertiary/aromatic N) is 2. The summed E-state index contributed by atoms with van der Waals surface area (Å²) in [6.07, 6.45) is 2.68. The molecule has 7 nitrogen and oxygen atoms in total. The second-order valence-corrected chi connectivity index (χ2v) is 8.99. The number of amides is 1. The minimum atomic E-state index is -3.87. The number of ether oxygens (including phenoxy) is 1. The molecule has 0 bridgehead atoms. The highest BCUT2D eigenvalue weighted by molar-refractivity contribution is 7.89. The lowest BCUT2D eigenvalue weighted by atomic mass is 10.2. The smallest absolute Gasteiger partial charge is 0.245 e. The number of pyridine rings is 1. The lowest BCUT2D eigenvalue weighted by Crippen LogP contribution is -2.45. The number of nitrogens with one attached hydrogen (secondary N) is 1. The Kier molecular flexibility index (Phi) is 5.69. The van der Waals surface area contributed by atoms with E-state index in [4.69, 9.17) is 4.74 Å². The van der Waals surface area contributed by atoms with E-state index in [-0.39, 0.29) is 17.3 Å². The molecule has 0 spiro atoms. The highest BCUT2D eigenvalue weighted by Gasteiger charge is 2.40. The summed E-state index contributed by atoms with van der Waals surface area (Å²) < 4.78 is 33.5. The van der Waals surface area contributed by atoms with E-state index in [1.54, 1.807) is 31.5 Å². The predicted molar refractivity (Wildman–Crippen MR) is 113 cm³/mol. The molecule has 1 saturated heterocycles. The van der Waals surface area contributed by atoms with Crippen molar-refractivity contribution in [1.29, 1.82) is 0 Å². The van der Waals surface area contributed by atoms with Gasteiger partial charge in [0, 0.05) is 30.2 Å². The molecule has 3 aromatic rings. The van der Waals surface area contributed by atoms with Crippen molar-refractivity contribution in [2.45, 2.75) is 30.3 Å². The Balaban J connectivity index is 1.57. The van der Waals surface area contributed by atoms with Gasteiger partial charge in [0.25, 0.3) is 0 Å². The zero-order valence-corrected chi connectivity index (χ0v) is 17.4. The van der Waals surface area contributed by atoms with Crippen LogP contribution in [0.5, 0.6) is 5.75 Å². The van der Waals surface area contributed by atoms with Gasteiger partial charge in [-0.2, -0.15) is 4.31 Å². The fourth-order valence-electron chi connectivity index (χ4n) is 3.85. The first-order valence-electron chi connectivity index (χ1n) is 9.77. The fraction of sp³-hybridized carbons (Fsp3) is 0.273. The van der Waals surface area contributed by atoms with E-state index in [1.807, 2.05) is 36.4 Å². The van der Waals surface area contributed by atoms with Crippen molar-refractivity contribution >= 4 is 26.8 Å². The van der Waals surface area contributed by atoms with Crippen molar-refractivity contribution in [1.82, 2.24) is 14.6 Å². The van der Waals surface area contributed by atoms with Crippen molar-refractivity contribution in [3.05, 3.63) is 66.4 Å². The molecule has 1 aliphatic heterocycles. The lowest BCUT2D eigenvalue weighted by molar-refractivity contribution is -0.124. The van der Waals surface area contributed by atoms with Crippen LogP contribution in [0.3, 0.4) is 0 Å². The fourth-order valence-corrected chi connectivity index (χ4v) is 5.67. The summed E-state index contributed by atoms with van der Waals surface area (Å²) in [5, 5.41) is 3.61. The van der Waals surface area contributed by atoms with Crippen LogP contribution in [0.25, 0.3) is 10.9 Å². The molecule has 0 unspecified atom stereocenters. The molecule has 0 saturated carbocycles. The van der Waals surface area contributed by atoms with E-state index in [1.165, 1.54) is 4.31 Å². The van der Waals surface area contributed by atoms with E-state index >= 15 is 0 Å². The Bertz CT molecular complexity index is 1170. The Morgan fingerprint density at radius 3 is 2.80 bits per heavy atom. The van der Waals surface area contributed by atoms with Gasteiger partial charge < -0.3 is 10.1 Å². The van der Waals surface area contributed by atoms with Crippen LogP contribution >= 0.6 is 0 Å². The maximum Gasteiger partial charge on any atom is 0.245 e. The van der Waals surface area contributed by atoms with Crippen molar-refractivity contribution < 1.29 is 17.9 Å². The molecular formula is C22H23N3O4S. The summed E-state index contributed by atoms with van der Waals surface area (Å²) in [5.74, 6) is 0.366. The van der Waals surface area contributed by atoms with Crippen molar-refractivity contribution in [2.24, 2.45) is 0 Å². The van der Waals surface area contributed by atoms with Crippen LogP contribution in [0.2, 0.25) is 0 Å². The zero-order valence-electron chi connectivity index (χ0n) is 16.6. The van der Waals surface area contributed by atoms with Gasteiger partial charge in [-0.05, 0) is 31.0 Å². The first-order valence-corrected chi connectivity index (χ1v) is 11.2. The second-order valence-electron chi connectivity index (χ2n) is 7.13. The molecule has 156 valence electrons. The van der Waals surface area contributed by atoms with Crippen LogP contribution in [0.15, 0.2) is 65.7 Å². The molecule has 2 heterocycles. The van der Waals surface area contributed by atoms with Gasteiger partial charge in [-0.3, -0.25) is 9.78 Å². The molecule has 1 amide bonds. The zero-order chi connectivity index (χ0) is 21.1. The first kappa shape index (κ1) is 20.3. The normalized spacial score (nSPS) is 17.2. The van der Waals surface area contributed by atoms with Crippen LogP contribution in [-0.2, 0) is 21.4 Å². The number of rotatable bonds is 6. The van der Waals surface area contributed by atoms with E-state index in [2.05, 4.69) is 10.3 Å². The third-order valence-electron chi connectivity index (χ3n) is 5.33. The summed E-state index contributed by atoms with van der Waals surface area (Å²) in [6, 6.07) is 15.3. The van der Waals surface area contributed by atoms with Gasteiger partial charge in [0.2, 0.25) is 15.9 Å². The molecular weight excluding hydrogens is 402 g/mol. The maximum atomic E-state index is 13.4. The number of hydrogen-bond donors (Lipinski definition) is 1. The third kappa shape index (κ3) is 3.76. The molecule has 1 fully saturated rings. The average molecular weight is 426 g/mol. The standard InChI is InChI=1S/C22H23N3O4S/c1-29-19-11-3-2-7-17(19)15-24-22(26)18-10-6-14-25(18)30(27,28)20-12-4-8-16-9-5-13-23-21(16)20/h2-5,7-9,11-13,18H,6,10,14-15H2,1H3,(H,24,26)/t18-/m0/s1. The number of benzene rings is 2. The molecule has 0 aliphatic carbocycles. The highest BCUT2D eigenvalue weighted by Crippen LogP contribution is 2.30. The summed E-state index contributed by atoms with van der Waals surface area (Å²) in [6.45, 7) is 0.571. The average Bonchev–Trinajstić information content (AvgIpc) is 3.28. The molecule has 30 heavy (non-hydrogen) atoms. The van der Waals surface area contributed by atoms with E-state index in [0.29, 0.717) is 30.7 Å². The first-order chi connectivity index (χ1) is 14.5. The molecule has 4 rings (SSSR count). The van der Waals surface area contributed by atoms with Gasteiger partial charge in [0.05, 0.1) is 12.6 Å². The second kappa shape index (κ2) is 8.41. The molecule has 2 aromatic carbocycles. The van der Waals surface area contributed by atoms with E-state index < -0.39 is 16.1 Å². The van der Waals surface area contributed by atoms with Crippen LogP contribution in [0.4, 0.5) is 0 Å². The molecule has 1 aromatic heterocycles. The Morgan fingerprint density at radius 1 is 1.17 bits per heavy atom. The monoisotopic (exact) mass is 425 g/mol.